The summed E-state index contributed by atoms with van der Waals surface area (Å²) >= 11 is 0. The molecular weight excluding hydrogens is 1020 g/mol. The highest BCUT2D eigenvalue weighted by atomic mass is 16.6. The molecule has 6 heteroatoms. The third kappa shape index (κ3) is 70.3. The number of unbranched alkanes of at least 4 members (excludes halogenated alkanes) is 53. The summed E-state index contributed by atoms with van der Waals surface area (Å²) in [6.45, 7) is 6.62. The predicted molar refractivity (Wildman–Crippen MR) is 362 cm³/mol. The normalized spacial score (nSPS) is 12.2. The van der Waals surface area contributed by atoms with Crippen LogP contribution >= 0.6 is 0 Å². The van der Waals surface area contributed by atoms with Gasteiger partial charge in [0.2, 0.25) is 0 Å². The molecule has 488 valence electrons. The first-order chi connectivity index (χ1) is 41.0. The van der Waals surface area contributed by atoms with Gasteiger partial charge < -0.3 is 14.2 Å². The van der Waals surface area contributed by atoms with Crippen LogP contribution in [0.15, 0.2) is 36.5 Å². The summed E-state index contributed by atoms with van der Waals surface area (Å²) in [5.74, 6) is -0.858. The Morgan fingerprint density at radius 1 is 0.241 bits per heavy atom. The Hall–Kier alpha value is -2.37. The molecule has 0 aromatic heterocycles. The summed E-state index contributed by atoms with van der Waals surface area (Å²) in [6.07, 6.45) is 91.2. The first-order valence-electron chi connectivity index (χ1n) is 37.5. The second-order valence-electron chi connectivity index (χ2n) is 25.6. The Balaban J connectivity index is 3.89. The molecule has 0 spiro atoms. The van der Waals surface area contributed by atoms with Crippen LogP contribution in [-0.4, -0.2) is 37.2 Å². The zero-order valence-corrected chi connectivity index (χ0v) is 56.2. The summed E-state index contributed by atoms with van der Waals surface area (Å²) in [5, 5.41) is 0. The largest absolute Gasteiger partial charge is 0.462 e. The highest BCUT2D eigenvalue weighted by Gasteiger charge is 2.19. The van der Waals surface area contributed by atoms with Crippen LogP contribution in [0.25, 0.3) is 0 Å². The molecule has 0 rings (SSSR count). The number of esters is 3. The van der Waals surface area contributed by atoms with Crippen molar-refractivity contribution in [3.05, 3.63) is 36.5 Å². The smallest absolute Gasteiger partial charge is 0.306 e. The van der Waals surface area contributed by atoms with Gasteiger partial charge in [-0.2, -0.15) is 0 Å². The summed E-state index contributed by atoms with van der Waals surface area (Å²) in [6, 6.07) is 0. The average Bonchev–Trinajstić information content (AvgIpc) is 3.49. The summed E-state index contributed by atoms with van der Waals surface area (Å²) in [5.41, 5.74) is 0. The van der Waals surface area contributed by atoms with Gasteiger partial charge in [0.1, 0.15) is 13.2 Å². The Morgan fingerprint density at radius 3 is 0.675 bits per heavy atom. The Morgan fingerprint density at radius 2 is 0.434 bits per heavy atom. The van der Waals surface area contributed by atoms with Gasteiger partial charge in [-0.1, -0.05) is 378 Å². The van der Waals surface area contributed by atoms with Gasteiger partial charge in [-0.3, -0.25) is 14.4 Å². The van der Waals surface area contributed by atoms with E-state index >= 15 is 0 Å². The topological polar surface area (TPSA) is 78.9 Å². The van der Waals surface area contributed by atoms with Crippen molar-refractivity contribution in [1.29, 1.82) is 0 Å². The highest BCUT2D eigenvalue weighted by molar-refractivity contribution is 5.71. The van der Waals surface area contributed by atoms with Gasteiger partial charge in [-0.25, -0.2) is 0 Å². The lowest BCUT2D eigenvalue weighted by atomic mass is 10.0. The SMILES string of the molecule is CCCCCCC/C=C\C/C=C\C/C=C\CCCCCCCCCCCCCCC(=O)OC(COC(=O)CCCCCCC)COC(=O)CCCCCCCCCCCCCCCCCCCCCCCCCCCCCCCCCCC. The fourth-order valence-corrected chi connectivity index (χ4v) is 11.5. The standard InChI is InChI=1S/C77H144O6/c1-4-7-10-13-15-17-19-21-23-25-27-29-31-33-35-36-37-38-39-40-42-43-45-47-49-51-53-55-57-59-61-64-67-70-76(79)82-73-74(72-81-75(78)69-66-63-12-9-6-3)83-77(80)71-68-65-62-60-58-56-54-52-50-48-46-44-41-34-32-30-28-26-24-22-20-18-16-14-11-8-5-2/h20,22,26,28,32,34,74H,4-19,21,23-25,27,29-31,33,35-73H2,1-3H3/b22-20-,28-26-,34-32-. The number of allylic oxidation sites excluding steroid dienone is 6. The zero-order valence-electron chi connectivity index (χ0n) is 56.2. The monoisotopic (exact) mass is 1170 g/mol. The minimum atomic E-state index is -0.768. The molecule has 0 saturated heterocycles. The maximum atomic E-state index is 12.9. The molecule has 0 bridgehead atoms. The van der Waals surface area contributed by atoms with Crippen LogP contribution in [0, 0.1) is 0 Å². The third-order valence-electron chi connectivity index (χ3n) is 17.1. The Labute approximate surface area is 518 Å². The fraction of sp³-hybridized carbons (Fsp3) is 0.883. The van der Waals surface area contributed by atoms with E-state index in [4.69, 9.17) is 14.2 Å². The first-order valence-corrected chi connectivity index (χ1v) is 37.5. The third-order valence-corrected chi connectivity index (χ3v) is 17.1. The molecule has 0 saturated carbocycles. The van der Waals surface area contributed by atoms with Crippen molar-refractivity contribution in [2.24, 2.45) is 0 Å². The van der Waals surface area contributed by atoms with E-state index in [0.717, 1.165) is 77.0 Å². The number of hydrogen-bond donors (Lipinski definition) is 0. The van der Waals surface area contributed by atoms with Crippen molar-refractivity contribution >= 4 is 17.9 Å². The minimum Gasteiger partial charge on any atom is -0.462 e. The van der Waals surface area contributed by atoms with E-state index in [9.17, 15) is 14.4 Å². The van der Waals surface area contributed by atoms with Crippen LogP contribution in [0.1, 0.15) is 419 Å². The molecule has 0 aromatic rings. The van der Waals surface area contributed by atoms with Crippen LogP contribution in [0.5, 0.6) is 0 Å². The minimum absolute atomic E-state index is 0.0681. The van der Waals surface area contributed by atoms with Crippen molar-refractivity contribution < 1.29 is 28.6 Å². The van der Waals surface area contributed by atoms with E-state index in [1.54, 1.807) is 0 Å². The molecule has 0 aliphatic heterocycles. The number of rotatable bonds is 70. The molecule has 1 atom stereocenters. The summed E-state index contributed by atoms with van der Waals surface area (Å²) in [4.78, 5) is 38.1. The molecular formula is C77H144O6. The quantitative estimate of drug-likeness (QED) is 0.0261. The van der Waals surface area contributed by atoms with Gasteiger partial charge in [-0.15, -0.1) is 0 Å². The molecule has 0 N–H and O–H groups in total. The van der Waals surface area contributed by atoms with E-state index in [1.807, 2.05) is 0 Å². The zero-order chi connectivity index (χ0) is 59.9. The van der Waals surface area contributed by atoms with Crippen LogP contribution in [-0.2, 0) is 28.6 Å². The van der Waals surface area contributed by atoms with Crippen LogP contribution < -0.4 is 0 Å². The lowest BCUT2D eigenvalue weighted by Gasteiger charge is -2.18. The Kier molecular flexibility index (Phi) is 70.0. The maximum absolute atomic E-state index is 12.9. The van der Waals surface area contributed by atoms with Crippen LogP contribution in [0.4, 0.5) is 0 Å². The van der Waals surface area contributed by atoms with Gasteiger partial charge in [0.15, 0.2) is 6.10 Å². The molecule has 0 heterocycles. The molecule has 0 aliphatic carbocycles. The average molecular weight is 1170 g/mol. The van der Waals surface area contributed by atoms with Gasteiger partial charge in [0.25, 0.3) is 0 Å². The second-order valence-corrected chi connectivity index (χ2v) is 25.6. The van der Waals surface area contributed by atoms with Crippen molar-refractivity contribution in [2.45, 2.75) is 425 Å². The summed E-state index contributed by atoms with van der Waals surface area (Å²) in [7, 11) is 0. The predicted octanol–water partition coefficient (Wildman–Crippen LogP) is 25.9. The Bertz CT molecular complexity index is 1380. The number of carbonyl (C=O) groups is 3. The van der Waals surface area contributed by atoms with E-state index in [2.05, 4.69) is 57.2 Å². The fourth-order valence-electron chi connectivity index (χ4n) is 11.5. The molecule has 0 fully saturated rings. The van der Waals surface area contributed by atoms with Crippen molar-refractivity contribution in [3.8, 4) is 0 Å². The van der Waals surface area contributed by atoms with Crippen LogP contribution in [0.3, 0.4) is 0 Å². The number of carbonyl (C=O) groups excluding carboxylic acids is 3. The maximum Gasteiger partial charge on any atom is 0.306 e. The van der Waals surface area contributed by atoms with Gasteiger partial charge >= 0.3 is 17.9 Å². The lowest BCUT2D eigenvalue weighted by molar-refractivity contribution is -0.167. The van der Waals surface area contributed by atoms with Gasteiger partial charge in [-0.05, 0) is 57.8 Å². The van der Waals surface area contributed by atoms with Crippen LogP contribution in [0.2, 0.25) is 0 Å². The molecule has 83 heavy (non-hydrogen) atoms. The number of hydrogen-bond acceptors (Lipinski definition) is 6. The highest BCUT2D eigenvalue weighted by Crippen LogP contribution is 2.19. The second kappa shape index (κ2) is 72.1. The van der Waals surface area contributed by atoms with Crippen molar-refractivity contribution in [1.82, 2.24) is 0 Å². The molecule has 0 aromatic carbocycles. The van der Waals surface area contributed by atoms with E-state index in [-0.39, 0.29) is 31.1 Å². The number of ether oxygens (including phenoxy) is 3. The van der Waals surface area contributed by atoms with E-state index in [0.29, 0.717) is 19.3 Å². The van der Waals surface area contributed by atoms with Crippen molar-refractivity contribution in [3.63, 3.8) is 0 Å². The van der Waals surface area contributed by atoms with Gasteiger partial charge in [0.05, 0.1) is 0 Å². The first kappa shape index (κ1) is 80.6. The van der Waals surface area contributed by atoms with Gasteiger partial charge in [0, 0.05) is 19.3 Å². The molecule has 0 amide bonds. The van der Waals surface area contributed by atoms with E-state index in [1.165, 1.54) is 302 Å². The molecule has 0 radical (unpaired) electrons. The molecule has 0 aliphatic rings. The molecule has 6 nitrogen and oxygen atoms in total. The van der Waals surface area contributed by atoms with E-state index < -0.39 is 6.10 Å². The molecule has 1 unspecified atom stereocenters. The summed E-state index contributed by atoms with van der Waals surface area (Å²) < 4.78 is 16.8. The van der Waals surface area contributed by atoms with Crippen molar-refractivity contribution in [2.75, 3.05) is 13.2 Å². The lowest BCUT2D eigenvalue weighted by Crippen LogP contribution is -2.30.